The number of nitrogens with one attached hydrogen (secondary N) is 3. The van der Waals surface area contributed by atoms with Crippen molar-refractivity contribution in [1.82, 2.24) is 16.0 Å². The third kappa shape index (κ3) is 9.54. The van der Waals surface area contributed by atoms with Crippen LogP contribution in [0.15, 0.2) is 60.7 Å². The van der Waals surface area contributed by atoms with E-state index in [1.54, 1.807) is 19.1 Å². The van der Waals surface area contributed by atoms with Gasteiger partial charge in [-0.3, -0.25) is 9.59 Å². The minimum absolute atomic E-state index is 0.00221. The standard InChI is InChI=1S/C32H39F2N3O3/c1-6-21-8-7-9-22(12-21)18-35-19-29(38)28(15-23-13-26(33)17-27(34)14-23)36-30(39)24-10-20(2)11-25(16-24)31(40)37-32(3,4)5/h7-14,16-17,28-29,35,38H,6,15,18-19H2,1-5H3,(H,36,39)(H,37,40)/t28-,29+/m0/s1. The lowest BCUT2D eigenvalue weighted by molar-refractivity contribution is 0.0829. The first-order valence-corrected chi connectivity index (χ1v) is 13.5. The zero-order valence-corrected chi connectivity index (χ0v) is 23.8. The molecule has 6 nitrogen and oxygen atoms in total. The van der Waals surface area contributed by atoms with Gasteiger partial charge >= 0.3 is 0 Å². The SMILES string of the molecule is CCc1cccc(CNC[C@@H](O)[C@H](Cc2cc(F)cc(F)c2)NC(=O)c2cc(C)cc(C(=O)NC(C)(C)C)c2)c1. The van der Waals surface area contributed by atoms with Gasteiger partial charge in [-0.25, -0.2) is 8.78 Å². The van der Waals surface area contributed by atoms with Crippen LogP contribution in [0.3, 0.4) is 0 Å². The Balaban J connectivity index is 1.79. The lowest BCUT2D eigenvalue weighted by Gasteiger charge is -2.25. The quantitative estimate of drug-likeness (QED) is 0.274. The summed E-state index contributed by atoms with van der Waals surface area (Å²) >= 11 is 0. The topological polar surface area (TPSA) is 90.5 Å². The summed E-state index contributed by atoms with van der Waals surface area (Å²) in [6.45, 7) is 10.1. The number of carbonyl (C=O) groups is 2. The number of aryl methyl sites for hydroxylation is 2. The van der Waals surface area contributed by atoms with Crippen LogP contribution in [0.25, 0.3) is 0 Å². The molecule has 0 aromatic heterocycles. The molecular formula is C32H39F2N3O3. The number of aliphatic hydroxyl groups excluding tert-OH is 1. The molecule has 0 saturated carbocycles. The van der Waals surface area contributed by atoms with Gasteiger partial charge in [0.15, 0.2) is 0 Å². The summed E-state index contributed by atoms with van der Waals surface area (Å²) in [6, 6.07) is 15.2. The number of halogens is 2. The fourth-order valence-electron chi connectivity index (χ4n) is 4.44. The molecule has 0 radical (unpaired) electrons. The van der Waals surface area contributed by atoms with E-state index in [2.05, 4.69) is 28.9 Å². The van der Waals surface area contributed by atoms with E-state index < -0.39 is 35.2 Å². The van der Waals surface area contributed by atoms with E-state index in [0.717, 1.165) is 18.1 Å². The zero-order chi connectivity index (χ0) is 29.4. The molecule has 0 saturated heterocycles. The number of amides is 2. The van der Waals surface area contributed by atoms with Crippen molar-refractivity contribution < 1.29 is 23.5 Å². The highest BCUT2D eigenvalue weighted by Gasteiger charge is 2.24. The van der Waals surface area contributed by atoms with E-state index in [9.17, 15) is 23.5 Å². The Morgan fingerprint density at radius 1 is 0.875 bits per heavy atom. The Kier molecular flexibility index (Phi) is 10.5. The van der Waals surface area contributed by atoms with Gasteiger partial charge in [-0.2, -0.15) is 0 Å². The highest BCUT2D eigenvalue weighted by molar-refractivity contribution is 6.00. The first-order chi connectivity index (χ1) is 18.8. The third-order valence-electron chi connectivity index (χ3n) is 6.33. The summed E-state index contributed by atoms with van der Waals surface area (Å²) < 4.78 is 27.8. The predicted octanol–water partition coefficient (Wildman–Crippen LogP) is 4.86. The summed E-state index contributed by atoms with van der Waals surface area (Å²) in [5.41, 5.74) is 3.39. The first kappa shape index (κ1) is 30.9. The van der Waals surface area contributed by atoms with Gasteiger partial charge in [0, 0.05) is 35.8 Å². The molecule has 0 aliphatic carbocycles. The van der Waals surface area contributed by atoms with Crippen LogP contribution in [-0.2, 0) is 19.4 Å². The molecule has 40 heavy (non-hydrogen) atoms. The maximum absolute atomic E-state index is 13.9. The minimum Gasteiger partial charge on any atom is -0.390 e. The maximum atomic E-state index is 13.9. The number of aliphatic hydroxyl groups is 1. The van der Waals surface area contributed by atoms with Crippen LogP contribution < -0.4 is 16.0 Å². The second-order valence-electron chi connectivity index (χ2n) is 11.2. The molecule has 0 spiro atoms. The molecule has 0 heterocycles. The average molecular weight is 552 g/mol. The fourth-order valence-corrected chi connectivity index (χ4v) is 4.44. The summed E-state index contributed by atoms with van der Waals surface area (Å²) in [5, 5.41) is 20.0. The van der Waals surface area contributed by atoms with Gasteiger partial charge < -0.3 is 21.1 Å². The maximum Gasteiger partial charge on any atom is 0.251 e. The second kappa shape index (κ2) is 13.6. The Morgan fingerprint density at radius 2 is 1.50 bits per heavy atom. The summed E-state index contributed by atoms with van der Waals surface area (Å²) in [5.74, 6) is -2.30. The van der Waals surface area contributed by atoms with Gasteiger partial charge in [0.1, 0.15) is 11.6 Å². The van der Waals surface area contributed by atoms with Crippen molar-refractivity contribution >= 4 is 11.8 Å². The molecule has 2 amide bonds. The lowest BCUT2D eigenvalue weighted by atomic mass is 9.99. The average Bonchev–Trinajstić information content (AvgIpc) is 2.86. The number of benzene rings is 3. The van der Waals surface area contributed by atoms with Crippen LogP contribution in [0.2, 0.25) is 0 Å². The monoisotopic (exact) mass is 551 g/mol. The molecule has 0 fully saturated rings. The summed E-state index contributed by atoms with van der Waals surface area (Å²) in [7, 11) is 0. The van der Waals surface area contributed by atoms with Crippen molar-refractivity contribution in [3.05, 3.63) is 106 Å². The van der Waals surface area contributed by atoms with E-state index in [1.165, 1.54) is 23.8 Å². The minimum atomic E-state index is -1.07. The highest BCUT2D eigenvalue weighted by atomic mass is 19.1. The first-order valence-electron chi connectivity index (χ1n) is 13.5. The largest absolute Gasteiger partial charge is 0.390 e. The third-order valence-corrected chi connectivity index (χ3v) is 6.33. The van der Waals surface area contributed by atoms with E-state index >= 15 is 0 Å². The van der Waals surface area contributed by atoms with Crippen LogP contribution in [0.4, 0.5) is 8.78 Å². The second-order valence-corrected chi connectivity index (χ2v) is 11.2. The Labute approximate surface area is 235 Å². The molecular weight excluding hydrogens is 512 g/mol. The smallest absolute Gasteiger partial charge is 0.251 e. The molecule has 8 heteroatoms. The van der Waals surface area contributed by atoms with E-state index in [1.807, 2.05) is 39.0 Å². The highest BCUT2D eigenvalue weighted by Crippen LogP contribution is 2.15. The fraction of sp³-hybridized carbons (Fsp3) is 0.375. The van der Waals surface area contributed by atoms with Gasteiger partial charge in [0.25, 0.3) is 11.8 Å². The van der Waals surface area contributed by atoms with Crippen LogP contribution in [0.5, 0.6) is 0 Å². The number of hydrogen-bond acceptors (Lipinski definition) is 4. The Hall–Kier alpha value is -3.62. The predicted molar refractivity (Wildman–Crippen MR) is 153 cm³/mol. The molecule has 4 N–H and O–H groups in total. The number of hydrogen-bond donors (Lipinski definition) is 4. The van der Waals surface area contributed by atoms with E-state index in [0.29, 0.717) is 23.2 Å². The number of rotatable bonds is 11. The van der Waals surface area contributed by atoms with Gasteiger partial charge in [0.2, 0.25) is 0 Å². The van der Waals surface area contributed by atoms with Gasteiger partial charge in [0.05, 0.1) is 12.1 Å². The van der Waals surface area contributed by atoms with E-state index in [-0.39, 0.29) is 24.4 Å². The normalized spacial score (nSPS) is 13.0. The molecule has 0 aliphatic rings. The van der Waals surface area contributed by atoms with Crippen molar-refractivity contribution in [3.8, 4) is 0 Å². The van der Waals surface area contributed by atoms with Crippen LogP contribution in [0.1, 0.15) is 70.7 Å². The molecule has 3 rings (SSSR count). The van der Waals surface area contributed by atoms with Gasteiger partial charge in [-0.1, -0.05) is 31.2 Å². The van der Waals surface area contributed by atoms with Gasteiger partial charge in [-0.15, -0.1) is 0 Å². The van der Waals surface area contributed by atoms with Crippen molar-refractivity contribution in [2.75, 3.05) is 6.54 Å². The van der Waals surface area contributed by atoms with Crippen LogP contribution in [0, 0.1) is 18.6 Å². The molecule has 2 atom stereocenters. The Bertz CT molecular complexity index is 1320. The van der Waals surface area contributed by atoms with Crippen LogP contribution >= 0.6 is 0 Å². The molecule has 3 aromatic carbocycles. The molecule has 0 unspecified atom stereocenters. The Morgan fingerprint density at radius 3 is 2.12 bits per heavy atom. The zero-order valence-electron chi connectivity index (χ0n) is 23.8. The van der Waals surface area contributed by atoms with Crippen molar-refractivity contribution in [2.45, 2.75) is 71.7 Å². The molecule has 214 valence electrons. The van der Waals surface area contributed by atoms with Crippen LogP contribution in [-0.4, -0.2) is 41.2 Å². The molecule has 3 aromatic rings. The summed E-state index contributed by atoms with van der Waals surface area (Å²) in [4.78, 5) is 26.1. The van der Waals surface area contributed by atoms with Crippen molar-refractivity contribution in [3.63, 3.8) is 0 Å². The molecule has 0 aliphatic heterocycles. The van der Waals surface area contributed by atoms with Gasteiger partial charge in [-0.05, 0) is 93.1 Å². The van der Waals surface area contributed by atoms with E-state index in [4.69, 9.17) is 0 Å². The lowest BCUT2D eigenvalue weighted by Crippen LogP contribution is -2.48. The van der Waals surface area contributed by atoms with Crippen molar-refractivity contribution in [2.24, 2.45) is 0 Å². The number of carbonyl (C=O) groups excluding carboxylic acids is 2. The summed E-state index contributed by atoms with van der Waals surface area (Å²) in [6.07, 6.45) is -0.163. The molecule has 0 bridgehead atoms. The van der Waals surface area contributed by atoms with Crippen molar-refractivity contribution in [1.29, 1.82) is 0 Å².